The Bertz CT molecular complexity index is 953. The normalized spacial score (nSPS) is 14.3. The predicted octanol–water partition coefficient (Wildman–Crippen LogP) is 4.53. The number of hydrogen-bond donors (Lipinski definition) is 1. The van der Waals surface area contributed by atoms with Crippen molar-refractivity contribution in [3.05, 3.63) is 71.3 Å². The number of anilines is 2. The summed E-state index contributed by atoms with van der Waals surface area (Å²) in [5.74, 6) is -0.898. The van der Waals surface area contributed by atoms with E-state index in [1.807, 2.05) is 50.3 Å². The van der Waals surface area contributed by atoms with Gasteiger partial charge < -0.3 is 14.9 Å². The number of rotatable bonds is 6. The SMILES string of the molecule is C=CCN(c1cc(C(=O)O)c(C)cc1C)C1CCN(c2ccccc2C#N)CC1. The van der Waals surface area contributed by atoms with Crippen molar-refractivity contribution in [2.24, 2.45) is 0 Å². The molecule has 1 fully saturated rings. The number of aromatic carboxylic acids is 1. The van der Waals surface area contributed by atoms with Crippen LogP contribution in [0.5, 0.6) is 0 Å². The molecule has 0 saturated carbocycles. The van der Waals surface area contributed by atoms with E-state index in [0.717, 1.165) is 48.4 Å². The summed E-state index contributed by atoms with van der Waals surface area (Å²) in [6.45, 7) is 10.2. The molecule has 0 aromatic heterocycles. The van der Waals surface area contributed by atoms with Crippen molar-refractivity contribution in [2.45, 2.75) is 32.7 Å². The third kappa shape index (κ3) is 4.27. The van der Waals surface area contributed by atoms with Crippen molar-refractivity contribution in [1.82, 2.24) is 0 Å². The number of carbonyl (C=O) groups is 1. The second kappa shape index (κ2) is 8.83. The van der Waals surface area contributed by atoms with Crippen molar-refractivity contribution in [1.29, 1.82) is 5.26 Å². The molecule has 1 aliphatic heterocycles. The highest BCUT2D eigenvalue weighted by molar-refractivity contribution is 5.91. The maximum absolute atomic E-state index is 11.6. The third-order valence-corrected chi connectivity index (χ3v) is 5.68. The lowest BCUT2D eigenvalue weighted by Gasteiger charge is -2.41. The molecule has 0 spiro atoms. The number of piperidine rings is 1. The summed E-state index contributed by atoms with van der Waals surface area (Å²) < 4.78 is 0. The second-order valence-corrected chi connectivity index (χ2v) is 7.55. The molecule has 0 bridgehead atoms. The van der Waals surface area contributed by atoms with Gasteiger partial charge in [-0.05, 0) is 56.0 Å². The quantitative estimate of drug-likeness (QED) is 0.735. The standard InChI is InChI=1S/C24H27N3O2/c1-4-11-27(23-15-21(24(28)29)17(2)14-18(23)3)20-9-12-26(13-10-20)22-8-6-5-7-19(22)16-25/h4-8,14-15,20H,1,9-13H2,2-3H3,(H,28,29). The van der Waals surface area contributed by atoms with Gasteiger partial charge in [-0.15, -0.1) is 6.58 Å². The van der Waals surface area contributed by atoms with E-state index in [4.69, 9.17) is 0 Å². The number of hydrogen-bond acceptors (Lipinski definition) is 4. The van der Waals surface area contributed by atoms with E-state index >= 15 is 0 Å². The van der Waals surface area contributed by atoms with Crippen molar-refractivity contribution in [2.75, 3.05) is 29.4 Å². The minimum absolute atomic E-state index is 0.293. The van der Waals surface area contributed by atoms with Crippen molar-refractivity contribution >= 4 is 17.3 Å². The topological polar surface area (TPSA) is 67.6 Å². The maximum atomic E-state index is 11.6. The largest absolute Gasteiger partial charge is 0.478 e. The highest BCUT2D eigenvalue weighted by Gasteiger charge is 2.27. The lowest BCUT2D eigenvalue weighted by molar-refractivity contribution is 0.0696. The van der Waals surface area contributed by atoms with Crippen molar-refractivity contribution in [3.63, 3.8) is 0 Å². The second-order valence-electron chi connectivity index (χ2n) is 7.55. The fraction of sp³-hybridized carbons (Fsp3) is 0.333. The number of carboxylic acids is 1. The molecule has 0 aliphatic carbocycles. The summed E-state index contributed by atoms with van der Waals surface area (Å²) >= 11 is 0. The molecule has 1 heterocycles. The van der Waals surface area contributed by atoms with Crippen LogP contribution >= 0.6 is 0 Å². The van der Waals surface area contributed by atoms with Crippen LogP contribution in [-0.4, -0.2) is 36.8 Å². The Kier molecular flexibility index (Phi) is 6.23. The number of nitriles is 1. The Balaban J connectivity index is 1.84. The summed E-state index contributed by atoms with van der Waals surface area (Å²) in [5, 5.41) is 18.9. The fourth-order valence-electron chi connectivity index (χ4n) is 4.23. The van der Waals surface area contributed by atoms with E-state index in [0.29, 0.717) is 23.7 Å². The lowest BCUT2D eigenvalue weighted by atomic mass is 9.97. The molecule has 1 aliphatic rings. The minimum Gasteiger partial charge on any atom is -0.478 e. The van der Waals surface area contributed by atoms with Gasteiger partial charge in [-0.25, -0.2) is 4.79 Å². The molecular weight excluding hydrogens is 362 g/mol. The van der Waals surface area contributed by atoms with Crippen LogP contribution in [0.25, 0.3) is 0 Å². The number of para-hydroxylation sites is 1. The zero-order valence-electron chi connectivity index (χ0n) is 17.1. The predicted molar refractivity (Wildman–Crippen MR) is 117 cm³/mol. The van der Waals surface area contributed by atoms with Crippen LogP contribution in [0.3, 0.4) is 0 Å². The van der Waals surface area contributed by atoms with Crippen LogP contribution in [0.4, 0.5) is 11.4 Å². The summed E-state index contributed by atoms with van der Waals surface area (Å²) in [7, 11) is 0. The van der Waals surface area contributed by atoms with Gasteiger partial charge in [0, 0.05) is 31.4 Å². The number of nitrogens with zero attached hydrogens (tertiary/aromatic N) is 3. The first kappa shape index (κ1) is 20.5. The van der Waals surface area contributed by atoms with Crippen LogP contribution < -0.4 is 9.80 Å². The fourth-order valence-corrected chi connectivity index (χ4v) is 4.23. The van der Waals surface area contributed by atoms with E-state index in [1.54, 1.807) is 6.07 Å². The average Bonchev–Trinajstić information content (AvgIpc) is 2.72. The Morgan fingerprint density at radius 2 is 1.97 bits per heavy atom. The van der Waals surface area contributed by atoms with Gasteiger partial charge in [-0.3, -0.25) is 0 Å². The first-order chi connectivity index (χ1) is 14.0. The van der Waals surface area contributed by atoms with Crippen LogP contribution in [0, 0.1) is 25.2 Å². The van der Waals surface area contributed by atoms with Gasteiger partial charge in [0.1, 0.15) is 6.07 Å². The highest BCUT2D eigenvalue weighted by Crippen LogP contribution is 2.31. The molecule has 150 valence electrons. The molecule has 1 N–H and O–H groups in total. The molecular formula is C24H27N3O2. The number of carboxylic acid groups (broad SMARTS) is 1. The number of benzene rings is 2. The third-order valence-electron chi connectivity index (χ3n) is 5.68. The Morgan fingerprint density at radius 3 is 2.59 bits per heavy atom. The van der Waals surface area contributed by atoms with E-state index in [9.17, 15) is 15.2 Å². The summed E-state index contributed by atoms with van der Waals surface area (Å²) in [5.41, 5.74) is 4.86. The average molecular weight is 389 g/mol. The lowest BCUT2D eigenvalue weighted by Crippen LogP contribution is -2.45. The van der Waals surface area contributed by atoms with Gasteiger partial charge in [0.2, 0.25) is 0 Å². The van der Waals surface area contributed by atoms with Crippen LogP contribution in [0.15, 0.2) is 49.1 Å². The maximum Gasteiger partial charge on any atom is 0.336 e. The summed E-state index contributed by atoms with van der Waals surface area (Å²) in [4.78, 5) is 16.2. The Morgan fingerprint density at radius 1 is 1.28 bits per heavy atom. The minimum atomic E-state index is -0.898. The van der Waals surface area contributed by atoms with E-state index in [1.165, 1.54) is 0 Å². The zero-order valence-corrected chi connectivity index (χ0v) is 17.1. The highest BCUT2D eigenvalue weighted by atomic mass is 16.4. The molecule has 0 unspecified atom stereocenters. The summed E-state index contributed by atoms with van der Waals surface area (Å²) in [6.07, 6.45) is 3.74. The van der Waals surface area contributed by atoms with Gasteiger partial charge in [-0.2, -0.15) is 5.26 Å². The van der Waals surface area contributed by atoms with Crippen LogP contribution in [0.2, 0.25) is 0 Å². The molecule has 29 heavy (non-hydrogen) atoms. The van der Waals surface area contributed by atoms with Gasteiger partial charge in [0.15, 0.2) is 0 Å². The first-order valence-corrected chi connectivity index (χ1v) is 9.92. The van der Waals surface area contributed by atoms with Gasteiger partial charge in [-0.1, -0.05) is 24.3 Å². The van der Waals surface area contributed by atoms with Crippen molar-refractivity contribution < 1.29 is 9.90 Å². The smallest absolute Gasteiger partial charge is 0.336 e. The molecule has 2 aromatic rings. The van der Waals surface area contributed by atoms with Crippen LogP contribution in [-0.2, 0) is 0 Å². The summed E-state index contributed by atoms with van der Waals surface area (Å²) in [6, 6.07) is 14.0. The van der Waals surface area contributed by atoms with Gasteiger partial charge >= 0.3 is 5.97 Å². The molecule has 0 amide bonds. The van der Waals surface area contributed by atoms with Gasteiger partial charge in [0.25, 0.3) is 0 Å². The van der Waals surface area contributed by atoms with E-state index < -0.39 is 5.97 Å². The monoisotopic (exact) mass is 389 g/mol. The first-order valence-electron chi connectivity index (χ1n) is 9.92. The molecule has 2 aromatic carbocycles. The Hall–Kier alpha value is -3.26. The van der Waals surface area contributed by atoms with Gasteiger partial charge in [0.05, 0.1) is 16.8 Å². The van der Waals surface area contributed by atoms with Crippen LogP contribution in [0.1, 0.15) is 39.9 Å². The number of aryl methyl sites for hydroxylation is 2. The molecule has 3 rings (SSSR count). The van der Waals surface area contributed by atoms with E-state index in [-0.39, 0.29) is 0 Å². The van der Waals surface area contributed by atoms with E-state index in [2.05, 4.69) is 22.4 Å². The molecule has 5 heteroatoms. The zero-order chi connectivity index (χ0) is 21.0. The molecule has 1 saturated heterocycles. The Labute approximate surface area is 172 Å². The molecule has 5 nitrogen and oxygen atoms in total. The molecule has 0 atom stereocenters. The van der Waals surface area contributed by atoms with Crippen molar-refractivity contribution in [3.8, 4) is 6.07 Å². The molecule has 0 radical (unpaired) electrons.